The van der Waals surface area contributed by atoms with E-state index < -0.39 is 0 Å². The van der Waals surface area contributed by atoms with Crippen LogP contribution in [0.5, 0.6) is 0 Å². The van der Waals surface area contributed by atoms with E-state index in [9.17, 15) is 0 Å². The first-order valence-corrected chi connectivity index (χ1v) is 19.0. The molecule has 0 radical (unpaired) electrons. The Hall–Kier alpha value is -7.70. The van der Waals surface area contributed by atoms with E-state index in [0.29, 0.717) is 23.8 Å². The number of amidine groups is 2. The minimum atomic E-state index is 0.320. The summed E-state index contributed by atoms with van der Waals surface area (Å²) < 4.78 is 19.1. The second-order valence-corrected chi connectivity index (χ2v) is 14.3. The second kappa shape index (κ2) is 13.3. The van der Waals surface area contributed by atoms with Crippen LogP contribution in [0.2, 0.25) is 0 Å². The van der Waals surface area contributed by atoms with Crippen molar-refractivity contribution < 1.29 is 13.3 Å². The molecule has 57 heavy (non-hydrogen) atoms. The van der Waals surface area contributed by atoms with Gasteiger partial charge in [-0.15, -0.1) is 0 Å². The van der Waals surface area contributed by atoms with Gasteiger partial charge in [0.05, 0.1) is 6.54 Å². The lowest BCUT2D eigenvalue weighted by Crippen LogP contribution is -2.17. The van der Waals surface area contributed by atoms with Gasteiger partial charge in [-0.25, -0.2) is 4.99 Å². The maximum atomic E-state index is 7.19. The van der Waals surface area contributed by atoms with Crippen molar-refractivity contribution in [3.63, 3.8) is 0 Å². The predicted molar refractivity (Wildman–Crippen MR) is 233 cm³/mol. The molecule has 0 spiro atoms. The summed E-state index contributed by atoms with van der Waals surface area (Å²) in [6.45, 7) is 0.402. The van der Waals surface area contributed by atoms with Gasteiger partial charge in [0.15, 0.2) is 5.84 Å². The van der Waals surface area contributed by atoms with E-state index in [0.717, 1.165) is 93.6 Å². The quantitative estimate of drug-likeness (QED) is 0.136. The van der Waals surface area contributed by atoms with Gasteiger partial charge in [0, 0.05) is 43.4 Å². The van der Waals surface area contributed by atoms with Crippen molar-refractivity contribution in [2.75, 3.05) is 0 Å². The molecule has 0 unspecified atom stereocenters. The van der Waals surface area contributed by atoms with Crippen LogP contribution in [0.15, 0.2) is 199 Å². The van der Waals surface area contributed by atoms with Gasteiger partial charge in [-0.1, -0.05) is 127 Å². The first kappa shape index (κ1) is 32.7. The number of rotatable bonds is 6. The fourth-order valence-corrected chi connectivity index (χ4v) is 8.06. The summed E-state index contributed by atoms with van der Waals surface area (Å²) >= 11 is 0. The Kier molecular flexibility index (Phi) is 7.60. The van der Waals surface area contributed by atoms with Crippen LogP contribution < -0.4 is 5.73 Å². The third-order valence-corrected chi connectivity index (χ3v) is 10.8. The minimum absolute atomic E-state index is 0.320. The van der Waals surface area contributed by atoms with Gasteiger partial charge in [0.25, 0.3) is 0 Å². The molecule has 270 valence electrons. The average Bonchev–Trinajstić information content (AvgIpc) is 3.96. The van der Waals surface area contributed by atoms with E-state index in [1.807, 2.05) is 84.9 Å². The molecule has 6 heteroatoms. The highest BCUT2D eigenvalue weighted by Gasteiger charge is 2.20. The van der Waals surface area contributed by atoms with Gasteiger partial charge in [0.1, 0.15) is 39.3 Å². The number of nitrogens with zero attached hydrogens (tertiary/aromatic N) is 2. The summed E-state index contributed by atoms with van der Waals surface area (Å²) in [6.07, 6.45) is 0. The number of hydrogen-bond acceptors (Lipinski definition) is 4. The molecule has 0 amide bonds. The first-order chi connectivity index (χ1) is 28.1. The third-order valence-electron chi connectivity index (χ3n) is 10.8. The Bertz CT molecular complexity index is 3380. The highest BCUT2D eigenvalue weighted by Crippen LogP contribution is 2.40. The summed E-state index contributed by atoms with van der Waals surface area (Å²) in [5.41, 5.74) is 18.8. The average molecular weight is 736 g/mol. The largest absolute Gasteiger partial charge is 0.456 e. The number of aliphatic imine (C=N–C) groups is 2. The molecule has 0 bridgehead atoms. The summed E-state index contributed by atoms with van der Waals surface area (Å²) in [7, 11) is 0. The van der Waals surface area contributed by atoms with Gasteiger partial charge in [-0.3, -0.25) is 4.99 Å². The van der Waals surface area contributed by atoms with E-state index in [4.69, 9.17) is 29.0 Å². The standard InChI is InChI=1S/C51H33N3O3/c52-50(41-27-35(29-47-49(41)40-15-6-9-19-44(40)57-47)36-16-10-20-45-48(36)39-14-5-8-18-43(39)55-45)54-51(34-25-26-38-37-13-4-7-17-42(37)56-46(38)28-34)53-30-31-21-23-33(24-22-31)32-11-2-1-3-12-32/h1-29H,30H2,(H2,52,53,54). The molecule has 0 aliphatic heterocycles. The molecule has 0 atom stereocenters. The number of nitrogens with two attached hydrogens (primary N) is 1. The molecule has 8 aromatic carbocycles. The van der Waals surface area contributed by atoms with Crippen LogP contribution in [0, 0.1) is 0 Å². The fraction of sp³-hybridized carbons (Fsp3) is 0.0196. The SMILES string of the molecule is NC(=NC(=NCc1ccc(-c2ccccc2)cc1)c1ccc2c(c1)oc1ccccc12)c1cc(-c2cccc3oc4ccccc4c23)cc2oc3ccccc3c12. The number of furan rings is 3. The maximum absolute atomic E-state index is 7.19. The van der Waals surface area contributed by atoms with Gasteiger partial charge in [-0.05, 0) is 76.3 Å². The molecule has 0 aliphatic rings. The Morgan fingerprint density at radius 1 is 0.439 bits per heavy atom. The lowest BCUT2D eigenvalue weighted by atomic mass is 9.95. The molecule has 0 saturated heterocycles. The van der Waals surface area contributed by atoms with Gasteiger partial charge < -0.3 is 19.0 Å². The van der Waals surface area contributed by atoms with E-state index in [1.165, 1.54) is 5.56 Å². The summed E-state index contributed by atoms with van der Waals surface area (Å²) in [6, 6.07) is 59.5. The molecule has 3 aromatic heterocycles. The fourth-order valence-electron chi connectivity index (χ4n) is 8.06. The van der Waals surface area contributed by atoms with Gasteiger partial charge in [-0.2, -0.15) is 0 Å². The smallest absolute Gasteiger partial charge is 0.157 e. The summed E-state index contributed by atoms with van der Waals surface area (Å²) in [5, 5.41) is 6.02. The van der Waals surface area contributed by atoms with Crippen molar-refractivity contribution in [3.05, 3.63) is 193 Å². The number of benzene rings is 8. The van der Waals surface area contributed by atoms with Crippen LogP contribution in [0.4, 0.5) is 0 Å². The second-order valence-electron chi connectivity index (χ2n) is 14.3. The zero-order valence-corrected chi connectivity index (χ0v) is 30.6. The molecule has 0 fully saturated rings. The van der Waals surface area contributed by atoms with Crippen LogP contribution in [0.25, 0.3) is 88.1 Å². The van der Waals surface area contributed by atoms with E-state index >= 15 is 0 Å². The van der Waals surface area contributed by atoms with Crippen LogP contribution in [-0.2, 0) is 6.54 Å². The zero-order valence-electron chi connectivity index (χ0n) is 30.6. The molecular formula is C51H33N3O3. The van der Waals surface area contributed by atoms with Crippen LogP contribution >= 0.6 is 0 Å². The third kappa shape index (κ3) is 5.66. The summed E-state index contributed by atoms with van der Waals surface area (Å²) in [4.78, 5) is 10.3. The van der Waals surface area contributed by atoms with Crippen molar-refractivity contribution in [3.8, 4) is 22.3 Å². The molecule has 3 heterocycles. The topological polar surface area (TPSA) is 90.2 Å². The lowest BCUT2D eigenvalue weighted by molar-refractivity contribution is 0.668. The molecule has 2 N–H and O–H groups in total. The molecular weight excluding hydrogens is 703 g/mol. The normalized spacial score (nSPS) is 12.6. The van der Waals surface area contributed by atoms with Crippen LogP contribution in [-0.4, -0.2) is 11.7 Å². The minimum Gasteiger partial charge on any atom is -0.456 e. The Morgan fingerprint density at radius 2 is 1.04 bits per heavy atom. The summed E-state index contributed by atoms with van der Waals surface area (Å²) in [5.74, 6) is 0.816. The number of para-hydroxylation sites is 3. The maximum Gasteiger partial charge on any atom is 0.157 e. The number of fused-ring (bicyclic) bond motifs is 9. The molecule has 0 aliphatic carbocycles. The Morgan fingerprint density at radius 3 is 1.81 bits per heavy atom. The van der Waals surface area contributed by atoms with Crippen molar-refractivity contribution in [1.82, 2.24) is 0 Å². The van der Waals surface area contributed by atoms with Crippen molar-refractivity contribution in [2.24, 2.45) is 15.7 Å². The Labute approximate surface area is 326 Å². The lowest BCUT2D eigenvalue weighted by Gasteiger charge is -2.10. The van der Waals surface area contributed by atoms with Crippen molar-refractivity contribution in [2.45, 2.75) is 6.54 Å². The molecule has 11 rings (SSSR count). The molecule has 0 saturated carbocycles. The van der Waals surface area contributed by atoms with E-state index in [2.05, 4.69) is 91.0 Å². The van der Waals surface area contributed by atoms with Crippen LogP contribution in [0.3, 0.4) is 0 Å². The number of hydrogen-bond donors (Lipinski definition) is 1. The highest BCUT2D eigenvalue weighted by molar-refractivity contribution is 6.22. The molecule has 11 aromatic rings. The van der Waals surface area contributed by atoms with Gasteiger partial charge >= 0.3 is 0 Å². The first-order valence-electron chi connectivity index (χ1n) is 19.0. The van der Waals surface area contributed by atoms with Crippen molar-refractivity contribution in [1.29, 1.82) is 0 Å². The molecule has 6 nitrogen and oxygen atoms in total. The zero-order chi connectivity index (χ0) is 37.9. The van der Waals surface area contributed by atoms with Gasteiger partial charge in [0.2, 0.25) is 0 Å². The predicted octanol–water partition coefficient (Wildman–Crippen LogP) is 13.1. The van der Waals surface area contributed by atoms with Crippen LogP contribution in [0.1, 0.15) is 16.7 Å². The highest BCUT2D eigenvalue weighted by atomic mass is 16.3. The van der Waals surface area contributed by atoms with E-state index in [-0.39, 0.29) is 0 Å². The monoisotopic (exact) mass is 735 g/mol. The Balaban J connectivity index is 1.08. The van der Waals surface area contributed by atoms with E-state index in [1.54, 1.807) is 0 Å². The van der Waals surface area contributed by atoms with Crippen molar-refractivity contribution >= 4 is 77.5 Å².